The van der Waals surface area contributed by atoms with Crippen LogP contribution in [0.1, 0.15) is 12.6 Å². The number of hydrogen-bond acceptors (Lipinski definition) is 5. The van der Waals surface area contributed by atoms with Gasteiger partial charge in [0.25, 0.3) is 0 Å². The fraction of sp³-hybridized carbons (Fsp3) is 0.500. The van der Waals surface area contributed by atoms with Crippen molar-refractivity contribution in [3.63, 3.8) is 0 Å². The number of carbonyl (C=O) groups is 2. The highest BCUT2D eigenvalue weighted by Gasteiger charge is 2.24. The molecule has 1 rings (SSSR count). The summed E-state index contributed by atoms with van der Waals surface area (Å²) in [4.78, 5) is 29.4. The molecular formula is C10H17N5O3. The molecule has 0 fully saturated rings. The molecule has 8 heteroatoms. The molecule has 1 aromatic heterocycles. The van der Waals surface area contributed by atoms with Gasteiger partial charge in [-0.05, 0) is 6.92 Å². The number of imidazole rings is 1. The third-order valence-electron chi connectivity index (χ3n) is 2.46. The van der Waals surface area contributed by atoms with Crippen LogP contribution < -0.4 is 16.8 Å². The van der Waals surface area contributed by atoms with Crippen molar-refractivity contribution in [2.24, 2.45) is 11.5 Å². The highest BCUT2D eigenvalue weighted by Crippen LogP contribution is 1.99. The largest absolute Gasteiger partial charge is 0.391 e. The summed E-state index contributed by atoms with van der Waals surface area (Å²) in [6.45, 7) is 1.39. The van der Waals surface area contributed by atoms with Crippen molar-refractivity contribution in [3.8, 4) is 0 Å². The third kappa shape index (κ3) is 3.82. The lowest BCUT2D eigenvalue weighted by Gasteiger charge is -2.19. The van der Waals surface area contributed by atoms with E-state index in [1.165, 1.54) is 19.4 Å². The molecule has 1 aromatic rings. The maximum Gasteiger partial charge on any atom is 0.240 e. The molecule has 3 atom stereocenters. The lowest BCUT2D eigenvalue weighted by Crippen LogP contribution is -2.54. The molecule has 0 bridgehead atoms. The van der Waals surface area contributed by atoms with Crippen molar-refractivity contribution in [1.29, 1.82) is 0 Å². The molecule has 0 saturated carbocycles. The zero-order chi connectivity index (χ0) is 13.7. The molecule has 7 N–H and O–H groups in total. The lowest BCUT2D eigenvalue weighted by atomic mass is 10.1. The minimum absolute atomic E-state index is 0.188. The topological polar surface area (TPSA) is 147 Å². The average molecular weight is 255 g/mol. The summed E-state index contributed by atoms with van der Waals surface area (Å²) in [6, 6.07) is -2.00. The van der Waals surface area contributed by atoms with Crippen molar-refractivity contribution >= 4 is 11.8 Å². The molecular weight excluding hydrogens is 238 g/mol. The number of nitrogens with one attached hydrogen (secondary N) is 2. The Kier molecular flexibility index (Phi) is 4.81. The Morgan fingerprint density at radius 2 is 2.28 bits per heavy atom. The van der Waals surface area contributed by atoms with E-state index in [0.717, 1.165) is 0 Å². The first kappa shape index (κ1) is 14.1. The zero-order valence-electron chi connectivity index (χ0n) is 9.96. The fourth-order valence-corrected chi connectivity index (χ4v) is 1.33. The predicted molar refractivity (Wildman–Crippen MR) is 63.1 cm³/mol. The lowest BCUT2D eigenvalue weighted by molar-refractivity contribution is -0.129. The van der Waals surface area contributed by atoms with E-state index in [1.807, 2.05) is 0 Å². The maximum absolute atomic E-state index is 11.6. The molecule has 18 heavy (non-hydrogen) atoms. The van der Waals surface area contributed by atoms with Crippen molar-refractivity contribution in [1.82, 2.24) is 15.3 Å². The van der Waals surface area contributed by atoms with E-state index in [0.29, 0.717) is 5.69 Å². The Hall–Kier alpha value is -1.93. The molecule has 0 radical (unpaired) electrons. The number of nitrogens with two attached hydrogens (primary N) is 2. The zero-order valence-corrected chi connectivity index (χ0v) is 9.96. The van der Waals surface area contributed by atoms with E-state index in [1.54, 1.807) is 0 Å². The van der Waals surface area contributed by atoms with Gasteiger partial charge >= 0.3 is 0 Å². The van der Waals surface area contributed by atoms with E-state index in [-0.39, 0.29) is 6.42 Å². The van der Waals surface area contributed by atoms with Gasteiger partial charge in [0, 0.05) is 18.3 Å². The number of aromatic amines is 1. The molecule has 0 saturated heterocycles. The number of primary amides is 1. The predicted octanol–water partition coefficient (Wildman–Crippen LogP) is -2.37. The third-order valence-corrected chi connectivity index (χ3v) is 2.46. The monoisotopic (exact) mass is 255 g/mol. The Balaban J connectivity index is 2.64. The van der Waals surface area contributed by atoms with Gasteiger partial charge in [0.1, 0.15) is 12.1 Å². The summed E-state index contributed by atoms with van der Waals surface area (Å²) < 4.78 is 0. The van der Waals surface area contributed by atoms with E-state index in [4.69, 9.17) is 11.5 Å². The summed E-state index contributed by atoms with van der Waals surface area (Å²) in [5.41, 5.74) is 11.3. The summed E-state index contributed by atoms with van der Waals surface area (Å²) >= 11 is 0. The number of aliphatic hydroxyl groups is 1. The van der Waals surface area contributed by atoms with Crippen LogP contribution in [0.5, 0.6) is 0 Å². The van der Waals surface area contributed by atoms with Gasteiger partial charge in [-0.3, -0.25) is 9.59 Å². The first-order valence-corrected chi connectivity index (χ1v) is 5.42. The van der Waals surface area contributed by atoms with Gasteiger partial charge in [-0.25, -0.2) is 4.98 Å². The SMILES string of the molecule is C[C@@H](O)[C@H](N)C(=O)N[C@@H](Cc1cnc[nH]1)C(N)=O. The minimum Gasteiger partial charge on any atom is -0.391 e. The molecule has 0 aromatic carbocycles. The molecule has 0 aliphatic carbocycles. The van der Waals surface area contributed by atoms with Crippen LogP contribution >= 0.6 is 0 Å². The van der Waals surface area contributed by atoms with Crippen LogP contribution in [0.2, 0.25) is 0 Å². The van der Waals surface area contributed by atoms with Crippen LogP contribution in [-0.4, -0.2) is 45.1 Å². The summed E-state index contributed by atoms with van der Waals surface area (Å²) in [5, 5.41) is 11.6. The smallest absolute Gasteiger partial charge is 0.240 e. The Morgan fingerprint density at radius 1 is 1.61 bits per heavy atom. The van der Waals surface area contributed by atoms with Crippen molar-refractivity contribution in [2.75, 3.05) is 0 Å². The van der Waals surface area contributed by atoms with Crippen molar-refractivity contribution in [3.05, 3.63) is 18.2 Å². The maximum atomic E-state index is 11.6. The number of rotatable bonds is 6. The van der Waals surface area contributed by atoms with Gasteiger partial charge in [-0.15, -0.1) is 0 Å². The van der Waals surface area contributed by atoms with Gasteiger partial charge in [0.2, 0.25) is 11.8 Å². The number of H-pyrrole nitrogens is 1. The van der Waals surface area contributed by atoms with Crippen LogP contribution in [-0.2, 0) is 16.0 Å². The highest BCUT2D eigenvalue weighted by molar-refractivity contribution is 5.89. The number of nitrogens with zero attached hydrogens (tertiary/aromatic N) is 1. The molecule has 1 heterocycles. The Morgan fingerprint density at radius 3 is 2.72 bits per heavy atom. The second-order valence-corrected chi connectivity index (χ2v) is 4.01. The van der Waals surface area contributed by atoms with Crippen molar-refractivity contribution in [2.45, 2.75) is 31.5 Å². The summed E-state index contributed by atoms with van der Waals surface area (Å²) in [5.74, 6) is -1.32. The number of amides is 2. The van der Waals surface area contributed by atoms with Crippen LogP contribution in [0.4, 0.5) is 0 Å². The van der Waals surface area contributed by atoms with Gasteiger partial charge in [0.15, 0.2) is 0 Å². The molecule has 8 nitrogen and oxygen atoms in total. The normalized spacial score (nSPS) is 15.7. The van der Waals surface area contributed by atoms with Gasteiger partial charge < -0.3 is 26.9 Å². The van der Waals surface area contributed by atoms with Crippen LogP contribution in [0.25, 0.3) is 0 Å². The van der Waals surface area contributed by atoms with E-state index in [9.17, 15) is 14.7 Å². The van der Waals surface area contributed by atoms with Gasteiger partial charge in [-0.1, -0.05) is 0 Å². The summed E-state index contributed by atoms with van der Waals surface area (Å²) in [6.07, 6.45) is 2.16. The summed E-state index contributed by atoms with van der Waals surface area (Å²) in [7, 11) is 0. The Labute approximate surface area is 104 Å². The van der Waals surface area contributed by atoms with Gasteiger partial charge in [-0.2, -0.15) is 0 Å². The molecule has 0 aliphatic rings. The molecule has 0 spiro atoms. The van der Waals surface area contributed by atoms with Gasteiger partial charge in [0.05, 0.1) is 12.4 Å². The first-order valence-electron chi connectivity index (χ1n) is 5.42. The minimum atomic E-state index is -1.10. The van der Waals surface area contributed by atoms with Crippen LogP contribution in [0.3, 0.4) is 0 Å². The van der Waals surface area contributed by atoms with E-state index < -0.39 is 30.0 Å². The standard InChI is InChI=1S/C10H17N5O3/c1-5(16)8(11)10(18)15-7(9(12)17)2-6-3-13-4-14-6/h3-5,7-8,16H,2,11H2,1H3,(H2,12,17)(H,13,14)(H,15,18)/t5-,7+,8+/m1/s1. The number of aromatic nitrogens is 2. The Bertz CT molecular complexity index is 404. The van der Waals surface area contributed by atoms with E-state index >= 15 is 0 Å². The van der Waals surface area contributed by atoms with Crippen LogP contribution in [0, 0.1) is 0 Å². The number of hydrogen-bond donors (Lipinski definition) is 5. The number of aliphatic hydroxyl groups excluding tert-OH is 1. The molecule has 0 aliphatic heterocycles. The second kappa shape index (κ2) is 6.12. The van der Waals surface area contributed by atoms with E-state index in [2.05, 4.69) is 15.3 Å². The quantitative estimate of drug-likeness (QED) is 0.385. The molecule has 100 valence electrons. The second-order valence-electron chi connectivity index (χ2n) is 4.01. The van der Waals surface area contributed by atoms with Crippen LogP contribution in [0.15, 0.2) is 12.5 Å². The molecule has 0 unspecified atom stereocenters. The average Bonchev–Trinajstić information content (AvgIpc) is 2.79. The number of carbonyl (C=O) groups excluding carboxylic acids is 2. The first-order chi connectivity index (χ1) is 8.41. The fourth-order valence-electron chi connectivity index (χ4n) is 1.33. The molecule has 2 amide bonds. The van der Waals surface area contributed by atoms with Crippen molar-refractivity contribution < 1.29 is 14.7 Å². The highest BCUT2D eigenvalue weighted by atomic mass is 16.3.